The number of benzene rings is 1. The fourth-order valence-corrected chi connectivity index (χ4v) is 3.66. The van der Waals surface area contributed by atoms with Gasteiger partial charge in [0.15, 0.2) is 6.61 Å². The van der Waals surface area contributed by atoms with Gasteiger partial charge in [-0.25, -0.2) is 0 Å². The summed E-state index contributed by atoms with van der Waals surface area (Å²) in [6.07, 6.45) is 4.91. The molecule has 1 aromatic heterocycles. The summed E-state index contributed by atoms with van der Waals surface area (Å²) < 4.78 is 10.2. The first kappa shape index (κ1) is 19.3. The zero-order valence-corrected chi connectivity index (χ0v) is 16.2. The first-order valence-corrected chi connectivity index (χ1v) is 9.65. The largest absolute Gasteiger partial charge is 0.456 e. The van der Waals surface area contributed by atoms with Gasteiger partial charge in [-0.15, -0.1) is 0 Å². The molecule has 1 aliphatic carbocycles. The summed E-state index contributed by atoms with van der Waals surface area (Å²) in [4.78, 5) is 42.1. The van der Waals surface area contributed by atoms with Crippen LogP contribution in [0.2, 0.25) is 5.02 Å². The summed E-state index contributed by atoms with van der Waals surface area (Å²) in [6, 6.07) is 6.92. The van der Waals surface area contributed by atoms with Gasteiger partial charge >= 0.3 is 5.97 Å². The number of likely N-dealkylation sites (tertiary alicyclic amines) is 1. The molecule has 0 N–H and O–H groups in total. The number of nitrogens with zero attached hydrogens (tertiary/aromatic N) is 3. The molecule has 2 atom stereocenters. The molecule has 29 heavy (non-hydrogen) atoms. The number of carbonyl (C=O) groups excluding carboxylic acids is 3. The maximum Gasteiger partial charge on any atom is 0.308 e. The van der Waals surface area contributed by atoms with Gasteiger partial charge in [0.1, 0.15) is 0 Å². The molecule has 1 saturated heterocycles. The highest BCUT2D eigenvalue weighted by atomic mass is 35.5. The summed E-state index contributed by atoms with van der Waals surface area (Å²) in [7, 11) is 0. The van der Waals surface area contributed by atoms with Crippen molar-refractivity contribution in [3.8, 4) is 11.4 Å². The average Bonchev–Trinajstić information content (AvgIpc) is 3.30. The van der Waals surface area contributed by atoms with Gasteiger partial charge in [0.25, 0.3) is 5.89 Å². The van der Waals surface area contributed by atoms with Crippen LogP contribution < -0.4 is 0 Å². The van der Waals surface area contributed by atoms with Crippen molar-refractivity contribution in [2.24, 2.45) is 11.8 Å². The number of esters is 1. The molecular weight excluding hydrogens is 398 g/mol. The van der Waals surface area contributed by atoms with Crippen LogP contribution in [0.25, 0.3) is 11.4 Å². The number of aromatic nitrogens is 2. The number of imide groups is 1. The molecule has 8 nitrogen and oxygen atoms in total. The normalized spacial score (nSPS) is 20.8. The Bertz CT molecular complexity index is 943. The number of hydrogen-bond acceptors (Lipinski definition) is 7. The SMILES string of the molecule is O=C(CCN1C(=O)[C@H]2CC=CC[C@H]2C1=O)OCc1nc(-c2ccc(Cl)cc2)no1. The maximum atomic E-state index is 12.4. The molecule has 0 radical (unpaired) electrons. The van der Waals surface area contributed by atoms with E-state index in [9.17, 15) is 14.4 Å². The third-order valence-corrected chi connectivity index (χ3v) is 5.32. The Balaban J connectivity index is 1.27. The van der Waals surface area contributed by atoms with E-state index in [1.54, 1.807) is 24.3 Å². The molecule has 1 aliphatic heterocycles. The molecule has 2 aromatic rings. The van der Waals surface area contributed by atoms with Crippen LogP contribution in [0, 0.1) is 11.8 Å². The van der Waals surface area contributed by atoms with Crippen molar-refractivity contribution in [1.29, 1.82) is 0 Å². The molecule has 0 saturated carbocycles. The van der Waals surface area contributed by atoms with Crippen molar-refractivity contribution in [2.75, 3.05) is 6.54 Å². The summed E-state index contributed by atoms with van der Waals surface area (Å²) in [5, 5.41) is 4.43. The van der Waals surface area contributed by atoms with E-state index in [-0.39, 0.29) is 49.1 Å². The number of fused-ring (bicyclic) bond motifs is 1. The molecule has 0 unspecified atom stereocenters. The molecule has 4 rings (SSSR count). The van der Waals surface area contributed by atoms with Crippen LogP contribution in [0.5, 0.6) is 0 Å². The van der Waals surface area contributed by atoms with Gasteiger partial charge in [-0.3, -0.25) is 19.3 Å². The molecule has 1 fully saturated rings. The Morgan fingerprint density at radius 3 is 2.45 bits per heavy atom. The lowest BCUT2D eigenvalue weighted by molar-refractivity contribution is -0.147. The van der Waals surface area contributed by atoms with Gasteiger partial charge in [-0.2, -0.15) is 4.98 Å². The molecule has 2 heterocycles. The second-order valence-electron chi connectivity index (χ2n) is 6.91. The van der Waals surface area contributed by atoms with Crippen LogP contribution in [-0.4, -0.2) is 39.4 Å². The van der Waals surface area contributed by atoms with E-state index in [1.807, 2.05) is 12.2 Å². The molecule has 0 spiro atoms. The van der Waals surface area contributed by atoms with Gasteiger partial charge in [-0.05, 0) is 37.1 Å². The second-order valence-corrected chi connectivity index (χ2v) is 7.35. The van der Waals surface area contributed by atoms with Gasteiger partial charge in [0.05, 0.1) is 18.3 Å². The van der Waals surface area contributed by atoms with Crippen molar-refractivity contribution in [2.45, 2.75) is 25.9 Å². The van der Waals surface area contributed by atoms with Crippen LogP contribution in [0.15, 0.2) is 40.9 Å². The number of halogens is 1. The lowest BCUT2D eigenvalue weighted by Crippen LogP contribution is -2.33. The predicted octanol–water partition coefficient (Wildman–Crippen LogP) is 2.77. The monoisotopic (exact) mass is 415 g/mol. The van der Waals surface area contributed by atoms with Crippen LogP contribution in [-0.2, 0) is 25.7 Å². The number of carbonyl (C=O) groups is 3. The van der Waals surface area contributed by atoms with E-state index < -0.39 is 5.97 Å². The van der Waals surface area contributed by atoms with Crippen molar-refractivity contribution in [3.05, 3.63) is 47.3 Å². The third-order valence-electron chi connectivity index (χ3n) is 5.07. The number of hydrogen-bond donors (Lipinski definition) is 0. The van der Waals surface area contributed by atoms with Crippen LogP contribution in [0.4, 0.5) is 0 Å². The Hall–Kier alpha value is -3.00. The van der Waals surface area contributed by atoms with Crippen molar-refractivity contribution in [1.82, 2.24) is 15.0 Å². The van der Waals surface area contributed by atoms with E-state index in [0.717, 1.165) is 5.56 Å². The van der Waals surface area contributed by atoms with Crippen LogP contribution >= 0.6 is 11.6 Å². The topological polar surface area (TPSA) is 103 Å². The molecule has 1 aromatic carbocycles. The van der Waals surface area contributed by atoms with E-state index >= 15 is 0 Å². The first-order chi connectivity index (χ1) is 14.0. The Morgan fingerprint density at radius 1 is 1.14 bits per heavy atom. The number of ether oxygens (including phenoxy) is 1. The first-order valence-electron chi connectivity index (χ1n) is 9.27. The number of rotatable bonds is 6. The molecular formula is C20H18ClN3O5. The zero-order chi connectivity index (χ0) is 20.4. The minimum absolute atomic E-state index is 0.0172. The van der Waals surface area contributed by atoms with Gasteiger partial charge in [0.2, 0.25) is 17.6 Å². The fourth-order valence-electron chi connectivity index (χ4n) is 3.54. The van der Waals surface area contributed by atoms with E-state index in [1.165, 1.54) is 4.90 Å². The highest BCUT2D eigenvalue weighted by Gasteiger charge is 2.46. The van der Waals surface area contributed by atoms with Crippen molar-refractivity contribution in [3.63, 3.8) is 0 Å². The Kier molecular flexibility index (Phi) is 5.44. The van der Waals surface area contributed by atoms with E-state index in [0.29, 0.717) is 23.7 Å². The van der Waals surface area contributed by atoms with Crippen molar-refractivity contribution < 1.29 is 23.6 Å². The molecule has 9 heteroatoms. The van der Waals surface area contributed by atoms with E-state index in [2.05, 4.69) is 10.1 Å². The lowest BCUT2D eigenvalue weighted by Gasteiger charge is -2.14. The summed E-state index contributed by atoms with van der Waals surface area (Å²) in [6.45, 7) is -0.167. The molecule has 150 valence electrons. The lowest BCUT2D eigenvalue weighted by atomic mass is 9.85. The Labute approximate surface area is 171 Å². The molecule has 2 amide bonds. The second kappa shape index (κ2) is 8.16. The highest BCUT2D eigenvalue weighted by Crippen LogP contribution is 2.35. The standard InChI is InChI=1S/C20H18ClN3O5/c21-13-7-5-12(6-8-13)18-22-16(29-23-18)11-28-17(25)9-10-24-19(26)14-3-1-2-4-15(14)20(24)27/h1-2,5-8,14-15H,3-4,9-11H2/t14-,15+. The summed E-state index contributed by atoms with van der Waals surface area (Å²) in [5.74, 6) is -1.06. The zero-order valence-electron chi connectivity index (χ0n) is 15.4. The van der Waals surface area contributed by atoms with Gasteiger partial charge < -0.3 is 9.26 Å². The van der Waals surface area contributed by atoms with Gasteiger partial charge in [-0.1, -0.05) is 28.9 Å². The predicted molar refractivity (Wildman–Crippen MR) is 101 cm³/mol. The van der Waals surface area contributed by atoms with Crippen LogP contribution in [0.1, 0.15) is 25.2 Å². The average molecular weight is 416 g/mol. The third kappa shape index (κ3) is 4.07. The van der Waals surface area contributed by atoms with Crippen LogP contribution in [0.3, 0.4) is 0 Å². The summed E-state index contributed by atoms with van der Waals surface area (Å²) in [5.41, 5.74) is 0.720. The minimum atomic E-state index is -0.551. The summed E-state index contributed by atoms with van der Waals surface area (Å²) >= 11 is 5.85. The highest BCUT2D eigenvalue weighted by molar-refractivity contribution is 6.30. The molecule has 0 bridgehead atoms. The fraction of sp³-hybridized carbons (Fsp3) is 0.350. The van der Waals surface area contributed by atoms with Crippen molar-refractivity contribution >= 4 is 29.4 Å². The van der Waals surface area contributed by atoms with Gasteiger partial charge in [0, 0.05) is 17.1 Å². The Morgan fingerprint density at radius 2 is 1.79 bits per heavy atom. The minimum Gasteiger partial charge on any atom is -0.456 e. The quantitative estimate of drug-likeness (QED) is 0.406. The number of allylic oxidation sites excluding steroid dienone is 2. The number of amides is 2. The van der Waals surface area contributed by atoms with E-state index in [4.69, 9.17) is 20.9 Å². The molecule has 2 aliphatic rings. The maximum absolute atomic E-state index is 12.4. The smallest absolute Gasteiger partial charge is 0.308 e.